The van der Waals surface area contributed by atoms with Crippen molar-refractivity contribution >= 4 is 22.7 Å². The van der Waals surface area contributed by atoms with Gasteiger partial charge in [0.1, 0.15) is 10.0 Å². The molecule has 3 heterocycles. The highest BCUT2D eigenvalue weighted by atomic mass is 32.1. The van der Waals surface area contributed by atoms with Crippen LogP contribution >= 0.6 is 22.7 Å². The van der Waals surface area contributed by atoms with Crippen molar-refractivity contribution < 1.29 is 0 Å². The Hall–Kier alpha value is -2.30. The van der Waals surface area contributed by atoms with Crippen LogP contribution in [-0.4, -0.2) is 9.97 Å². The van der Waals surface area contributed by atoms with Crippen LogP contribution in [0.25, 0.3) is 21.1 Å². The predicted molar refractivity (Wildman–Crippen MR) is 129 cm³/mol. The second-order valence-corrected chi connectivity index (χ2v) is 11.2. The lowest BCUT2D eigenvalue weighted by Gasteiger charge is -2.28. The molecule has 0 N–H and O–H groups in total. The van der Waals surface area contributed by atoms with Crippen LogP contribution in [0.5, 0.6) is 0 Å². The van der Waals surface area contributed by atoms with Crippen molar-refractivity contribution in [3.8, 4) is 21.1 Å². The molecule has 30 heavy (non-hydrogen) atoms. The Morgan fingerprint density at radius 2 is 1.03 bits per heavy atom. The van der Waals surface area contributed by atoms with Gasteiger partial charge in [0, 0.05) is 27.3 Å². The Bertz CT molecular complexity index is 1180. The molecule has 0 atom stereocenters. The second kappa shape index (κ2) is 6.60. The predicted octanol–water partition coefficient (Wildman–Crippen LogP) is 7.52. The summed E-state index contributed by atoms with van der Waals surface area (Å²) in [5.74, 6) is 0. The SMILES string of the molecule is Cc1cc2cc(c1)C(C)(C)c1cc(C)cc(c1)-c1nc(cs1)C(C)(C)c1csc-2n1. The van der Waals surface area contributed by atoms with Gasteiger partial charge in [-0.1, -0.05) is 37.1 Å². The second-order valence-electron chi connectivity index (χ2n) is 9.50. The molecule has 0 amide bonds. The van der Waals surface area contributed by atoms with Gasteiger partial charge in [-0.25, -0.2) is 9.97 Å². The van der Waals surface area contributed by atoms with Gasteiger partial charge in [0.2, 0.25) is 0 Å². The summed E-state index contributed by atoms with van der Waals surface area (Å²) < 4.78 is 0. The minimum Gasteiger partial charge on any atom is -0.240 e. The van der Waals surface area contributed by atoms with Crippen LogP contribution in [-0.2, 0) is 10.8 Å². The van der Waals surface area contributed by atoms with Crippen LogP contribution in [0, 0.1) is 13.8 Å². The number of aromatic nitrogens is 2. The number of benzene rings is 2. The largest absolute Gasteiger partial charge is 0.240 e. The van der Waals surface area contributed by atoms with Crippen molar-refractivity contribution in [1.29, 1.82) is 0 Å². The third-order valence-electron chi connectivity index (χ3n) is 6.38. The normalized spacial score (nSPS) is 16.2. The van der Waals surface area contributed by atoms with Gasteiger partial charge < -0.3 is 0 Å². The van der Waals surface area contributed by atoms with Crippen molar-refractivity contribution in [2.75, 3.05) is 0 Å². The minimum atomic E-state index is -0.230. The molecule has 0 saturated carbocycles. The van der Waals surface area contributed by atoms with Crippen molar-refractivity contribution in [2.45, 2.75) is 52.4 Å². The van der Waals surface area contributed by atoms with E-state index in [2.05, 4.69) is 88.7 Å². The number of rotatable bonds is 0. The Kier molecular flexibility index (Phi) is 4.32. The smallest absolute Gasteiger partial charge is 0.123 e. The molecule has 5 rings (SSSR count). The number of thiazole rings is 2. The summed E-state index contributed by atoms with van der Waals surface area (Å²) in [4.78, 5) is 10.1. The number of hydrogen-bond acceptors (Lipinski definition) is 4. The maximum atomic E-state index is 5.07. The number of aryl methyl sites for hydroxylation is 2. The van der Waals surface area contributed by atoms with Gasteiger partial charge in [-0.05, 0) is 63.1 Å². The zero-order chi connectivity index (χ0) is 21.3. The molecule has 2 aromatic carbocycles. The molecule has 2 nitrogen and oxygen atoms in total. The van der Waals surface area contributed by atoms with Crippen LogP contribution in [0.2, 0.25) is 0 Å². The molecule has 1 aliphatic heterocycles. The highest BCUT2D eigenvalue weighted by Gasteiger charge is 2.31. The van der Waals surface area contributed by atoms with Gasteiger partial charge in [-0.15, -0.1) is 22.7 Å². The maximum absolute atomic E-state index is 5.07. The van der Waals surface area contributed by atoms with Gasteiger partial charge in [0.25, 0.3) is 0 Å². The van der Waals surface area contributed by atoms with E-state index >= 15 is 0 Å². The van der Waals surface area contributed by atoms with Gasteiger partial charge in [0.15, 0.2) is 0 Å². The quantitative estimate of drug-likeness (QED) is 0.288. The molecule has 0 spiro atoms. The monoisotopic (exact) mass is 430 g/mol. The summed E-state index contributed by atoms with van der Waals surface area (Å²) in [6.45, 7) is 13.5. The highest BCUT2D eigenvalue weighted by molar-refractivity contribution is 7.13. The molecule has 1 aliphatic rings. The first kappa shape index (κ1) is 19.7. The molecule has 8 bridgehead atoms. The number of fused-ring (bicyclic) bond motifs is 10. The van der Waals surface area contributed by atoms with E-state index in [-0.39, 0.29) is 10.8 Å². The van der Waals surface area contributed by atoms with Gasteiger partial charge >= 0.3 is 0 Å². The van der Waals surface area contributed by atoms with Gasteiger partial charge in [-0.2, -0.15) is 0 Å². The maximum Gasteiger partial charge on any atom is 0.123 e. The molecule has 0 aliphatic carbocycles. The molecular formula is C26H26N2S2. The molecular weight excluding hydrogens is 404 g/mol. The van der Waals surface area contributed by atoms with E-state index in [0.717, 1.165) is 21.4 Å². The average molecular weight is 431 g/mol. The topological polar surface area (TPSA) is 25.8 Å². The van der Waals surface area contributed by atoms with Crippen molar-refractivity contribution in [2.24, 2.45) is 0 Å². The zero-order valence-corrected chi connectivity index (χ0v) is 20.0. The molecule has 2 aromatic heterocycles. The Morgan fingerprint density at radius 3 is 1.47 bits per heavy atom. The van der Waals surface area contributed by atoms with Crippen molar-refractivity contribution in [3.05, 3.63) is 80.8 Å². The van der Waals surface area contributed by atoms with E-state index in [1.165, 1.54) is 33.4 Å². The standard InChI is InChI=1S/C26H26N2S2/c1-15-7-17-11-19(9-15)25(3,4)20-10-16(2)8-18(12-20)24-28-22(14-30-24)26(5,6)21-13-29-23(17)27-21/h7-14H,1-6H3. The highest BCUT2D eigenvalue weighted by Crippen LogP contribution is 2.41. The molecule has 0 unspecified atom stereocenters. The van der Waals surface area contributed by atoms with Crippen LogP contribution in [0.1, 0.15) is 61.3 Å². The van der Waals surface area contributed by atoms with E-state index in [1.807, 2.05) is 0 Å². The van der Waals surface area contributed by atoms with E-state index in [0.29, 0.717) is 0 Å². The molecule has 0 fully saturated rings. The van der Waals surface area contributed by atoms with E-state index in [1.54, 1.807) is 22.7 Å². The van der Waals surface area contributed by atoms with Gasteiger partial charge in [-0.3, -0.25) is 0 Å². The van der Waals surface area contributed by atoms with Crippen LogP contribution in [0.15, 0.2) is 47.2 Å². The molecule has 152 valence electrons. The Balaban J connectivity index is 1.85. The lowest BCUT2D eigenvalue weighted by molar-refractivity contribution is 0.604. The van der Waals surface area contributed by atoms with Crippen molar-refractivity contribution in [3.63, 3.8) is 0 Å². The summed E-state index contributed by atoms with van der Waals surface area (Å²) in [6.07, 6.45) is 0. The van der Waals surface area contributed by atoms with Crippen LogP contribution in [0.4, 0.5) is 0 Å². The van der Waals surface area contributed by atoms with E-state index in [4.69, 9.17) is 9.97 Å². The molecule has 0 saturated heterocycles. The van der Waals surface area contributed by atoms with E-state index < -0.39 is 0 Å². The summed E-state index contributed by atoms with van der Waals surface area (Å²) in [6, 6.07) is 13.8. The lowest BCUT2D eigenvalue weighted by atomic mass is 9.76. The van der Waals surface area contributed by atoms with Crippen LogP contribution in [0.3, 0.4) is 0 Å². The zero-order valence-electron chi connectivity index (χ0n) is 18.3. The third kappa shape index (κ3) is 3.05. The summed E-state index contributed by atoms with van der Waals surface area (Å²) in [5, 5.41) is 6.56. The summed E-state index contributed by atoms with van der Waals surface area (Å²) >= 11 is 3.46. The summed E-state index contributed by atoms with van der Waals surface area (Å²) in [7, 11) is 0. The average Bonchev–Trinajstić information content (AvgIpc) is 3.37. The van der Waals surface area contributed by atoms with Crippen LogP contribution < -0.4 is 0 Å². The number of hydrogen-bond donors (Lipinski definition) is 0. The fraction of sp³-hybridized carbons (Fsp3) is 0.308. The Morgan fingerprint density at radius 1 is 0.600 bits per heavy atom. The first-order chi connectivity index (χ1) is 14.1. The number of nitrogens with zero attached hydrogens (tertiary/aromatic N) is 2. The third-order valence-corrected chi connectivity index (χ3v) is 8.16. The molecule has 0 radical (unpaired) electrons. The minimum absolute atomic E-state index is 0.120. The summed E-state index contributed by atoms with van der Waals surface area (Å²) in [5.41, 5.74) is 9.42. The fourth-order valence-corrected chi connectivity index (χ4v) is 6.17. The van der Waals surface area contributed by atoms with Gasteiger partial charge in [0.05, 0.1) is 16.8 Å². The van der Waals surface area contributed by atoms with Crippen molar-refractivity contribution in [1.82, 2.24) is 9.97 Å². The molecule has 4 aromatic rings. The fourth-order valence-electron chi connectivity index (χ4n) is 4.22. The lowest BCUT2D eigenvalue weighted by Crippen LogP contribution is -2.20. The van der Waals surface area contributed by atoms with E-state index in [9.17, 15) is 0 Å². The first-order valence-corrected chi connectivity index (χ1v) is 12.1. The Labute approximate surface area is 186 Å². The molecule has 4 heteroatoms. The first-order valence-electron chi connectivity index (χ1n) is 10.3.